The van der Waals surface area contributed by atoms with Crippen LogP contribution in [-0.2, 0) is 16.1 Å². The van der Waals surface area contributed by atoms with Gasteiger partial charge in [0, 0.05) is 17.4 Å². The first-order valence-corrected chi connectivity index (χ1v) is 8.26. The number of nitrogens with one attached hydrogen (secondary N) is 2. The normalized spacial score (nSPS) is 33.0. The average Bonchev–Trinajstić information content (AvgIpc) is 3.00. The predicted octanol–water partition coefficient (Wildman–Crippen LogP) is 1.66. The van der Waals surface area contributed by atoms with Crippen molar-refractivity contribution < 1.29 is 9.53 Å². The van der Waals surface area contributed by atoms with E-state index in [1.54, 1.807) is 0 Å². The van der Waals surface area contributed by atoms with E-state index in [1.165, 1.54) is 11.1 Å². The van der Waals surface area contributed by atoms with Crippen molar-refractivity contribution in [2.45, 2.75) is 31.9 Å². The molecule has 2 fully saturated rings. The van der Waals surface area contributed by atoms with Crippen molar-refractivity contribution in [1.82, 2.24) is 10.6 Å². The molecular weight excluding hydrogens is 276 g/mol. The predicted molar refractivity (Wildman–Crippen MR) is 84.4 cm³/mol. The van der Waals surface area contributed by atoms with Crippen LogP contribution in [0, 0.1) is 17.8 Å². The summed E-state index contributed by atoms with van der Waals surface area (Å²) in [6, 6.07) is 8.42. The van der Waals surface area contributed by atoms with Crippen LogP contribution in [0.3, 0.4) is 0 Å². The van der Waals surface area contributed by atoms with Crippen LogP contribution < -0.4 is 10.6 Å². The smallest absolute Gasteiger partial charge is 0.224 e. The number of rotatable bonds is 3. The van der Waals surface area contributed by atoms with Gasteiger partial charge in [-0.15, -0.1) is 0 Å². The highest BCUT2D eigenvalue weighted by molar-refractivity contribution is 5.83. The summed E-state index contributed by atoms with van der Waals surface area (Å²) in [4.78, 5) is 12.6. The largest absolute Gasteiger partial charge is 0.376 e. The first kappa shape index (κ1) is 14.2. The number of carbonyl (C=O) groups is 1. The minimum Gasteiger partial charge on any atom is -0.376 e. The monoisotopic (exact) mass is 300 g/mol. The van der Waals surface area contributed by atoms with Gasteiger partial charge in [-0.3, -0.25) is 4.79 Å². The standard InChI is InChI=1S/C18H24N2O2/c1-18(2,20-17(21)16-13-7-19-8-14(13)16)15-10-22-9-11-5-3-4-6-12(11)15/h3-6,13-16,19H,7-10H2,1-2H3,(H,20,21)/t13-,14+,15?,16?. The molecule has 2 unspecified atom stereocenters. The second-order valence-electron chi connectivity index (χ2n) is 7.49. The van der Waals surface area contributed by atoms with Crippen LogP contribution in [0.4, 0.5) is 0 Å². The molecule has 4 nitrogen and oxygen atoms in total. The highest BCUT2D eigenvalue weighted by Gasteiger charge is 2.57. The maximum Gasteiger partial charge on any atom is 0.224 e. The van der Waals surface area contributed by atoms with Gasteiger partial charge < -0.3 is 15.4 Å². The molecule has 4 rings (SSSR count). The van der Waals surface area contributed by atoms with Crippen molar-refractivity contribution in [2.75, 3.05) is 19.7 Å². The second kappa shape index (κ2) is 5.07. The summed E-state index contributed by atoms with van der Waals surface area (Å²) in [5.74, 6) is 1.78. The molecule has 0 bridgehead atoms. The van der Waals surface area contributed by atoms with Gasteiger partial charge in [0.15, 0.2) is 0 Å². The van der Waals surface area contributed by atoms with E-state index in [9.17, 15) is 4.79 Å². The zero-order valence-corrected chi connectivity index (χ0v) is 13.3. The van der Waals surface area contributed by atoms with Crippen LogP contribution >= 0.6 is 0 Å². The number of hydrogen-bond acceptors (Lipinski definition) is 3. The Bertz CT molecular complexity index is 589. The van der Waals surface area contributed by atoms with Crippen molar-refractivity contribution in [3.8, 4) is 0 Å². The van der Waals surface area contributed by atoms with E-state index in [2.05, 4.69) is 48.7 Å². The van der Waals surface area contributed by atoms with Gasteiger partial charge in [-0.2, -0.15) is 0 Å². The summed E-state index contributed by atoms with van der Waals surface area (Å²) >= 11 is 0. The minimum absolute atomic E-state index is 0.207. The molecule has 1 aromatic rings. The Labute approximate surface area is 131 Å². The number of benzene rings is 1. The molecule has 0 spiro atoms. The highest BCUT2D eigenvalue weighted by Crippen LogP contribution is 2.49. The van der Waals surface area contributed by atoms with Gasteiger partial charge >= 0.3 is 0 Å². The van der Waals surface area contributed by atoms with Gasteiger partial charge in [0.25, 0.3) is 0 Å². The maximum atomic E-state index is 12.6. The van der Waals surface area contributed by atoms with E-state index < -0.39 is 0 Å². The molecule has 22 heavy (non-hydrogen) atoms. The van der Waals surface area contributed by atoms with E-state index in [0.29, 0.717) is 25.0 Å². The van der Waals surface area contributed by atoms with Crippen LogP contribution in [-0.4, -0.2) is 31.1 Å². The summed E-state index contributed by atoms with van der Waals surface area (Å²) in [6.07, 6.45) is 0. The number of fused-ring (bicyclic) bond motifs is 2. The minimum atomic E-state index is -0.294. The molecule has 4 atom stereocenters. The lowest BCUT2D eigenvalue weighted by molar-refractivity contribution is -0.125. The SMILES string of the molecule is CC(C)(NC(=O)C1[C@H]2CNC[C@@H]12)C1COCc2ccccc21. The molecule has 118 valence electrons. The zero-order valence-electron chi connectivity index (χ0n) is 13.3. The average molecular weight is 300 g/mol. The number of carbonyl (C=O) groups excluding carboxylic acids is 1. The van der Waals surface area contributed by atoms with E-state index in [4.69, 9.17) is 4.74 Å². The first-order chi connectivity index (χ1) is 10.6. The number of ether oxygens (including phenoxy) is 1. The molecule has 2 heterocycles. The van der Waals surface area contributed by atoms with Crippen LogP contribution in [0.2, 0.25) is 0 Å². The Balaban J connectivity index is 1.50. The van der Waals surface area contributed by atoms with Crippen molar-refractivity contribution in [3.63, 3.8) is 0 Å². The van der Waals surface area contributed by atoms with Crippen LogP contribution in [0.1, 0.15) is 30.9 Å². The van der Waals surface area contributed by atoms with Gasteiger partial charge in [-0.1, -0.05) is 24.3 Å². The summed E-state index contributed by atoms with van der Waals surface area (Å²) in [5.41, 5.74) is 2.27. The van der Waals surface area contributed by atoms with Gasteiger partial charge in [-0.25, -0.2) is 0 Å². The van der Waals surface area contributed by atoms with E-state index >= 15 is 0 Å². The third-order valence-corrected chi connectivity index (χ3v) is 5.68. The molecule has 1 aliphatic carbocycles. The lowest BCUT2D eigenvalue weighted by atomic mass is 9.79. The Morgan fingerprint density at radius 2 is 2.00 bits per heavy atom. The van der Waals surface area contributed by atoms with Crippen molar-refractivity contribution in [3.05, 3.63) is 35.4 Å². The molecule has 2 aliphatic heterocycles. The van der Waals surface area contributed by atoms with Gasteiger partial charge in [0.05, 0.1) is 13.2 Å². The summed E-state index contributed by atoms with van der Waals surface area (Å²) in [5, 5.41) is 6.66. The Morgan fingerprint density at radius 3 is 2.77 bits per heavy atom. The fourth-order valence-corrected chi connectivity index (χ4v) is 4.27. The van der Waals surface area contributed by atoms with E-state index in [0.717, 1.165) is 13.1 Å². The molecule has 3 aliphatic rings. The van der Waals surface area contributed by atoms with Crippen LogP contribution in [0.5, 0.6) is 0 Å². The van der Waals surface area contributed by atoms with E-state index in [-0.39, 0.29) is 23.3 Å². The molecule has 1 amide bonds. The molecular formula is C18H24N2O2. The summed E-state index contributed by atoms with van der Waals surface area (Å²) in [6.45, 7) is 7.59. The van der Waals surface area contributed by atoms with E-state index in [1.807, 2.05) is 0 Å². The topological polar surface area (TPSA) is 50.4 Å². The van der Waals surface area contributed by atoms with Gasteiger partial charge in [0.2, 0.25) is 5.91 Å². The third kappa shape index (κ3) is 2.25. The van der Waals surface area contributed by atoms with Crippen LogP contribution in [0.15, 0.2) is 24.3 Å². The molecule has 0 aromatic heterocycles. The second-order valence-corrected chi connectivity index (χ2v) is 7.49. The molecule has 1 saturated carbocycles. The third-order valence-electron chi connectivity index (χ3n) is 5.68. The Kier molecular flexibility index (Phi) is 3.27. The molecule has 0 radical (unpaired) electrons. The van der Waals surface area contributed by atoms with Gasteiger partial charge in [-0.05, 0) is 49.9 Å². The quantitative estimate of drug-likeness (QED) is 0.892. The Hall–Kier alpha value is -1.39. The Morgan fingerprint density at radius 1 is 1.27 bits per heavy atom. The zero-order chi connectivity index (χ0) is 15.3. The van der Waals surface area contributed by atoms with Crippen LogP contribution in [0.25, 0.3) is 0 Å². The van der Waals surface area contributed by atoms with Gasteiger partial charge in [0.1, 0.15) is 0 Å². The number of hydrogen-bond donors (Lipinski definition) is 2. The summed E-state index contributed by atoms with van der Waals surface area (Å²) in [7, 11) is 0. The maximum absolute atomic E-state index is 12.6. The highest BCUT2D eigenvalue weighted by atomic mass is 16.5. The number of piperidine rings is 1. The van der Waals surface area contributed by atoms with Crippen molar-refractivity contribution in [1.29, 1.82) is 0 Å². The van der Waals surface area contributed by atoms with Crippen molar-refractivity contribution in [2.24, 2.45) is 17.8 Å². The van der Waals surface area contributed by atoms with Crippen molar-refractivity contribution >= 4 is 5.91 Å². The molecule has 2 N–H and O–H groups in total. The fourth-order valence-electron chi connectivity index (χ4n) is 4.27. The lowest BCUT2D eigenvalue weighted by Crippen LogP contribution is -2.51. The molecule has 1 aromatic carbocycles. The molecule has 4 heteroatoms. The first-order valence-electron chi connectivity index (χ1n) is 8.26. The lowest BCUT2D eigenvalue weighted by Gasteiger charge is -2.39. The fraction of sp³-hybridized carbons (Fsp3) is 0.611. The summed E-state index contributed by atoms with van der Waals surface area (Å²) < 4.78 is 5.77. The molecule has 1 saturated heterocycles. The number of amides is 1.